The molecule has 1 atom stereocenters. The molecule has 2 N–H and O–H groups in total. The second-order valence-corrected chi connectivity index (χ2v) is 8.13. The van der Waals surface area contributed by atoms with Crippen LogP contribution in [0, 0.1) is 11.7 Å². The van der Waals surface area contributed by atoms with Crippen molar-refractivity contribution in [2.45, 2.75) is 31.0 Å². The van der Waals surface area contributed by atoms with Gasteiger partial charge in [0.05, 0.1) is 22.5 Å². The molecule has 8 nitrogen and oxygen atoms in total. The molecule has 1 aromatic carbocycles. The summed E-state index contributed by atoms with van der Waals surface area (Å²) < 4.78 is 14.8. The fourth-order valence-corrected chi connectivity index (χ4v) is 3.34. The Hall–Kier alpha value is -3.01. The van der Waals surface area contributed by atoms with Crippen molar-refractivity contribution >= 4 is 34.7 Å². The number of amides is 3. The average Bonchev–Trinajstić information content (AvgIpc) is 3.12. The van der Waals surface area contributed by atoms with Crippen LogP contribution in [0.15, 0.2) is 41.8 Å². The normalized spacial score (nSPS) is 12.2. The number of carbonyl (C=O) groups is 2. The van der Waals surface area contributed by atoms with Gasteiger partial charge in [-0.05, 0) is 37.1 Å². The van der Waals surface area contributed by atoms with Crippen molar-refractivity contribution in [1.29, 1.82) is 0 Å². The number of urea groups is 1. The van der Waals surface area contributed by atoms with Crippen molar-refractivity contribution in [2.24, 2.45) is 5.92 Å². The summed E-state index contributed by atoms with van der Waals surface area (Å²) in [5.41, 5.74) is 1.19. The topological polar surface area (TPSA) is 102 Å². The van der Waals surface area contributed by atoms with Gasteiger partial charge in [-0.3, -0.25) is 10.1 Å². The zero-order valence-corrected chi connectivity index (χ0v) is 17.0. The standard InChI is InChI=1S/C19H21FN6O2S/c1-11(2)8-21-19(28)25-17(27)12(3)29-18-15-9-24-26(16(15)22-10-23-18)14-6-4-13(20)5-7-14/h4-7,9-12H,8H2,1-3H3,(H2,21,25,27,28). The van der Waals surface area contributed by atoms with Crippen LogP contribution in [0.1, 0.15) is 20.8 Å². The Balaban J connectivity index is 1.74. The van der Waals surface area contributed by atoms with Crippen LogP contribution >= 0.6 is 11.8 Å². The van der Waals surface area contributed by atoms with Gasteiger partial charge >= 0.3 is 6.03 Å². The highest BCUT2D eigenvalue weighted by molar-refractivity contribution is 8.00. The number of hydrogen-bond donors (Lipinski definition) is 2. The Morgan fingerprint density at radius 2 is 1.90 bits per heavy atom. The van der Waals surface area contributed by atoms with Crippen LogP contribution in [0.5, 0.6) is 0 Å². The van der Waals surface area contributed by atoms with Crippen molar-refractivity contribution in [3.05, 3.63) is 42.6 Å². The van der Waals surface area contributed by atoms with Gasteiger partial charge in [0.25, 0.3) is 0 Å². The Bertz CT molecular complexity index is 1020. The van der Waals surface area contributed by atoms with E-state index in [2.05, 4.69) is 25.7 Å². The van der Waals surface area contributed by atoms with Gasteiger partial charge in [0, 0.05) is 6.54 Å². The summed E-state index contributed by atoms with van der Waals surface area (Å²) in [6.07, 6.45) is 2.98. The van der Waals surface area contributed by atoms with E-state index in [0.29, 0.717) is 28.3 Å². The van der Waals surface area contributed by atoms with Gasteiger partial charge in [-0.1, -0.05) is 25.6 Å². The number of thioether (sulfide) groups is 1. The monoisotopic (exact) mass is 416 g/mol. The molecule has 0 saturated carbocycles. The number of carbonyl (C=O) groups excluding carboxylic acids is 2. The molecular formula is C19H21FN6O2S. The van der Waals surface area contributed by atoms with Gasteiger partial charge in [0.2, 0.25) is 5.91 Å². The number of rotatable bonds is 6. The number of fused-ring (bicyclic) bond motifs is 1. The van der Waals surface area contributed by atoms with Gasteiger partial charge in [-0.25, -0.2) is 23.8 Å². The lowest BCUT2D eigenvalue weighted by Crippen LogP contribution is -2.43. The van der Waals surface area contributed by atoms with Gasteiger partial charge in [0.1, 0.15) is 17.2 Å². The average molecular weight is 416 g/mol. The largest absolute Gasteiger partial charge is 0.338 e. The minimum Gasteiger partial charge on any atom is -0.338 e. The Morgan fingerprint density at radius 3 is 2.59 bits per heavy atom. The summed E-state index contributed by atoms with van der Waals surface area (Å²) in [5, 5.41) is 9.94. The minimum atomic E-state index is -0.563. The summed E-state index contributed by atoms with van der Waals surface area (Å²) in [4.78, 5) is 32.6. The van der Waals surface area contributed by atoms with Crippen molar-refractivity contribution in [3.8, 4) is 5.69 Å². The SMILES string of the molecule is CC(C)CNC(=O)NC(=O)C(C)Sc1ncnc2c1cnn2-c1ccc(F)cc1. The third-order valence-corrected chi connectivity index (χ3v) is 5.08. The molecule has 1 unspecified atom stereocenters. The van der Waals surface area contributed by atoms with E-state index in [1.54, 1.807) is 29.9 Å². The molecular weight excluding hydrogens is 395 g/mol. The first-order valence-electron chi connectivity index (χ1n) is 9.05. The van der Waals surface area contributed by atoms with E-state index in [4.69, 9.17) is 0 Å². The van der Waals surface area contributed by atoms with Crippen molar-refractivity contribution in [3.63, 3.8) is 0 Å². The first-order valence-corrected chi connectivity index (χ1v) is 9.93. The number of nitrogens with one attached hydrogen (secondary N) is 2. The van der Waals surface area contributed by atoms with E-state index in [-0.39, 0.29) is 11.7 Å². The molecule has 10 heteroatoms. The molecule has 2 aromatic heterocycles. The highest BCUT2D eigenvalue weighted by Crippen LogP contribution is 2.28. The van der Waals surface area contributed by atoms with Crippen LogP contribution in [0.3, 0.4) is 0 Å². The fourth-order valence-electron chi connectivity index (χ4n) is 2.46. The van der Waals surface area contributed by atoms with Crippen LogP contribution in [0.4, 0.5) is 9.18 Å². The van der Waals surface area contributed by atoms with E-state index in [0.717, 1.165) is 0 Å². The molecule has 0 saturated heterocycles. The van der Waals surface area contributed by atoms with Gasteiger partial charge < -0.3 is 5.32 Å². The van der Waals surface area contributed by atoms with Crippen molar-refractivity contribution in [2.75, 3.05) is 6.54 Å². The van der Waals surface area contributed by atoms with Crippen LogP contribution in [0.25, 0.3) is 16.7 Å². The lowest BCUT2D eigenvalue weighted by molar-refractivity contribution is -0.119. The van der Waals surface area contributed by atoms with Crippen LogP contribution < -0.4 is 10.6 Å². The summed E-state index contributed by atoms with van der Waals surface area (Å²) in [6, 6.07) is 5.37. The van der Waals surface area contributed by atoms with E-state index in [1.165, 1.54) is 30.2 Å². The number of imide groups is 1. The quantitative estimate of drug-likeness (QED) is 0.473. The van der Waals surface area contributed by atoms with Gasteiger partial charge in [-0.15, -0.1) is 0 Å². The lowest BCUT2D eigenvalue weighted by Gasteiger charge is -2.12. The summed E-state index contributed by atoms with van der Waals surface area (Å²) >= 11 is 1.20. The summed E-state index contributed by atoms with van der Waals surface area (Å²) in [6.45, 7) is 6.10. The molecule has 3 amide bonds. The molecule has 0 radical (unpaired) electrons. The molecule has 3 aromatic rings. The molecule has 0 aliphatic rings. The smallest absolute Gasteiger partial charge is 0.321 e. The number of halogens is 1. The fraction of sp³-hybridized carbons (Fsp3) is 0.316. The summed E-state index contributed by atoms with van der Waals surface area (Å²) in [5.74, 6) is -0.475. The highest BCUT2D eigenvalue weighted by atomic mass is 32.2. The molecule has 2 heterocycles. The minimum absolute atomic E-state index is 0.287. The third kappa shape index (κ3) is 5.08. The Labute approximate surface area is 171 Å². The number of aromatic nitrogens is 4. The van der Waals surface area contributed by atoms with Gasteiger partial charge in [-0.2, -0.15) is 5.10 Å². The Kier molecular flexibility index (Phi) is 6.42. The van der Waals surface area contributed by atoms with Crippen LogP contribution in [-0.4, -0.2) is 43.5 Å². The van der Waals surface area contributed by atoms with E-state index in [1.807, 2.05) is 13.8 Å². The zero-order chi connectivity index (χ0) is 21.0. The second kappa shape index (κ2) is 8.99. The van der Waals surface area contributed by atoms with Crippen LogP contribution in [-0.2, 0) is 4.79 Å². The van der Waals surface area contributed by atoms with E-state index in [9.17, 15) is 14.0 Å². The maximum atomic E-state index is 13.2. The summed E-state index contributed by atoms with van der Waals surface area (Å²) in [7, 11) is 0. The van der Waals surface area contributed by atoms with Crippen molar-refractivity contribution in [1.82, 2.24) is 30.4 Å². The molecule has 0 fully saturated rings. The predicted molar refractivity (Wildman–Crippen MR) is 108 cm³/mol. The molecule has 0 bridgehead atoms. The van der Waals surface area contributed by atoms with Crippen molar-refractivity contribution < 1.29 is 14.0 Å². The van der Waals surface area contributed by atoms with E-state index >= 15 is 0 Å². The molecule has 152 valence electrons. The number of hydrogen-bond acceptors (Lipinski definition) is 6. The maximum Gasteiger partial charge on any atom is 0.321 e. The number of benzene rings is 1. The third-order valence-electron chi connectivity index (χ3n) is 3.97. The molecule has 0 aliphatic heterocycles. The van der Waals surface area contributed by atoms with Crippen LogP contribution in [0.2, 0.25) is 0 Å². The Morgan fingerprint density at radius 1 is 1.17 bits per heavy atom. The first-order chi connectivity index (χ1) is 13.8. The molecule has 29 heavy (non-hydrogen) atoms. The molecule has 0 spiro atoms. The van der Waals surface area contributed by atoms with Gasteiger partial charge in [0.15, 0.2) is 5.65 Å². The lowest BCUT2D eigenvalue weighted by atomic mass is 10.2. The second-order valence-electron chi connectivity index (χ2n) is 6.80. The molecule has 0 aliphatic carbocycles. The number of nitrogens with zero attached hydrogens (tertiary/aromatic N) is 4. The first kappa shape index (κ1) is 20.7. The van der Waals surface area contributed by atoms with E-state index < -0.39 is 17.2 Å². The highest BCUT2D eigenvalue weighted by Gasteiger charge is 2.20. The maximum absolute atomic E-state index is 13.2. The predicted octanol–water partition coefficient (Wildman–Crippen LogP) is 2.92. The molecule has 3 rings (SSSR count). The zero-order valence-electron chi connectivity index (χ0n) is 16.2.